The third-order valence-corrected chi connectivity index (χ3v) is 7.64. The summed E-state index contributed by atoms with van der Waals surface area (Å²) in [5.41, 5.74) is 2.84. The van der Waals surface area contributed by atoms with Gasteiger partial charge in [0, 0.05) is 31.7 Å². The van der Waals surface area contributed by atoms with Gasteiger partial charge in [0.1, 0.15) is 5.75 Å². The van der Waals surface area contributed by atoms with E-state index in [2.05, 4.69) is 41.4 Å². The van der Waals surface area contributed by atoms with Crippen molar-refractivity contribution in [2.45, 2.75) is 45.6 Å². The summed E-state index contributed by atoms with van der Waals surface area (Å²) in [6.45, 7) is 6.69. The molecule has 0 radical (unpaired) electrons. The van der Waals surface area contributed by atoms with Gasteiger partial charge in [0.05, 0.1) is 25.1 Å². The van der Waals surface area contributed by atoms with Gasteiger partial charge in [0.15, 0.2) is 0 Å². The first kappa shape index (κ1) is 25.9. The average Bonchev–Trinajstić information content (AvgIpc) is 2.82. The van der Waals surface area contributed by atoms with Crippen molar-refractivity contribution in [2.75, 3.05) is 42.2 Å². The smallest absolute Gasteiger partial charge is 0.232 e. The van der Waals surface area contributed by atoms with Crippen LogP contribution in [-0.2, 0) is 14.8 Å². The molecule has 0 bridgehead atoms. The molecule has 1 heterocycles. The van der Waals surface area contributed by atoms with Crippen molar-refractivity contribution in [3.63, 3.8) is 0 Å². The Balaban J connectivity index is 1.50. The molecule has 7 nitrogen and oxygen atoms in total. The summed E-state index contributed by atoms with van der Waals surface area (Å²) in [4.78, 5) is 14.9. The average molecular weight is 488 g/mol. The van der Waals surface area contributed by atoms with Crippen LogP contribution in [0.4, 0.5) is 11.4 Å². The molecule has 1 amide bonds. The van der Waals surface area contributed by atoms with E-state index in [1.807, 2.05) is 6.92 Å². The van der Waals surface area contributed by atoms with Crippen LogP contribution in [0.1, 0.15) is 51.1 Å². The number of rotatable bonds is 10. The molecule has 0 aromatic heterocycles. The number of carbonyl (C=O) groups is 1. The molecule has 2 aromatic rings. The first-order valence-corrected chi connectivity index (χ1v) is 13.8. The molecule has 2 aromatic carbocycles. The maximum Gasteiger partial charge on any atom is 0.232 e. The minimum Gasteiger partial charge on any atom is -0.497 e. The zero-order valence-corrected chi connectivity index (χ0v) is 21.5. The minimum absolute atomic E-state index is 0.0928. The standard InChI is InChI=1S/C26H37N3O4S/c1-20-15-18-28(19-16-20)23-9-7-22(8-10-23)21(2)27-26(30)6-5-17-29(34(4,31)32)24-11-13-25(33-3)14-12-24/h7-14,20-21H,5-6,15-19H2,1-4H3,(H,27,30)/t21-/m0/s1. The molecule has 1 aliphatic rings. The summed E-state index contributed by atoms with van der Waals surface area (Å²) in [5.74, 6) is 1.36. The van der Waals surface area contributed by atoms with Crippen LogP contribution in [0.15, 0.2) is 48.5 Å². The fourth-order valence-corrected chi connectivity index (χ4v) is 5.22. The van der Waals surface area contributed by atoms with Crippen LogP contribution in [-0.4, -0.2) is 47.3 Å². The second-order valence-corrected chi connectivity index (χ2v) is 11.1. The number of anilines is 2. The van der Waals surface area contributed by atoms with Gasteiger partial charge in [-0.2, -0.15) is 0 Å². The topological polar surface area (TPSA) is 79.0 Å². The molecule has 0 aliphatic carbocycles. The Kier molecular flexibility index (Phi) is 8.83. The van der Waals surface area contributed by atoms with E-state index in [1.165, 1.54) is 29.1 Å². The summed E-state index contributed by atoms with van der Waals surface area (Å²) in [7, 11) is -1.90. The fourth-order valence-electron chi connectivity index (χ4n) is 4.26. The predicted molar refractivity (Wildman–Crippen MR) is 138 cm³/mol. The van der Waals surface area contributed by atoms with Crippen LogP contribution >= 0.6 is 0 Å². The Morgan fingerprint density at radius 2 is 1.74 bits per heavy atom. The van der Waals surface area contributed by atoms with Gasteiger partial charge in [-0.1, -0.05) is 19.1 Å². The Labute approximate surface area is 204 Å². The molecule has 3 rings (SSSR count). The molecule has 1 aliphatic heterocycles. The Morgan fingerprint density at radius 1 is 1.12 bits per heavy atom. The summed E-state index contributed by atoms with van der Waals surface area (Å²) < 4.78 is 31.0. The number of piperidine rings is 1. The molecular weight excluding hydrogens is 450 g/mol. The van der Waals surface area contributed by atoms with Crippen molar-refractivity contribution in [1.82, 2.24) is 5.32 Å². The van der Waals surface area contributed by atoms with E-state index in [4.69, 9.17) is 4.74 Å². The highest BCUT2D eigenvalue weighted by atomic mass is 32.2. The number of benzene rings is 2. The van der Waals surface area contributed by atoms with Gasteiger partial charge >= 0.3 is 0 Å². The number of sulfonamides is 1. The predicted octanol–water partition coefficient (Wildman–Crippen LogP) is 4.36. The number of methoxy groups -OCH3 is 1. The lowest BCUT2D eigenvalue weighted by Crippen LogP contribution is -2.33. The van der Waals surface area contributed by atoms with Crippen molar-refractivity contribution < 1.29 is 17.9 Å². The molecule has 1 N–H and O–H groups in total. The maximum atomic E-state index is 12.5. The molecule has 0 saturated carbocycles. The van der Waals surface area contributed by atoms with Crippen molar-refractivity contribution >= 4 is 27.3 Å². The quantitative estimate of drug-likeness (QED) is 0.539. The van der Waals surface area contributed by atoms with Gasteiger partial charge in [0.2, 0.25) is 15.9 Å². The van der Waals surface area contributed by atoms with Crippen LogP contribution in [0, 0.1) is 5.92 Å². The van der Waals surface area contributed by atoms with Gasteiger partial charge < -0.3 is 15.0 Å². The summed E-state index contributed by atoms with van der Waals surface area (Å²) >= 11 is 0. The highest BCUT2D eigenvalue weighted by Crippen LogP contribution is 2.25. The number of amides is 1. The second-order valence-electron chi connectivity index (χ2n) is 9.19. The molecule has 1 fully saturated rings. The third-order valence-electron chi connectivity index (χ3n) is 6.45. The van der Waals surface area contributed by atoms with Crippen molar-refractivity contribution in [1.29, 1.82) is 0 Å². The Morgan fingerprint density at radius 3 is 2.29 bits per heavy atom. The molecule has 0 spiro atoms. The summed E-state index contributed by atoms with van der Waals surface area (Å²) in [5, 5.41) is 3.03. The largest absolute Gasteiger partial charge is 0.497 e. The van der Waals surface area contributed by atoms with E-state index in [0.717, 1.165) is 24.6 Å². The van der Waals surface area contributed by atoms with Gasteiger partial charge in [-0.05, 0) is 74.1 Å². The maximum absolute atomic E-state index is 12.5. The van der Waals surface area contributed by atoms with Gasteiger partial charge in [-0.25, -0.2) is 8.42 Å². The van der Waals surface area contributed by atoms with E-state index in [-0.39, 0.29) is 24.9 Å². The number of nitrogens with zero attached hydrogens (tertiary/aromatic N) is 2. The van der Waals surface area contributed by atoms with E-state index in [0.29, 0.717) is 17.9 Å². The van der Waals surface area contributed by atoms with Crippen LogP contribution in [0.3, 0.4) is 0 Å². The van der Waals surface area contributed by atoms with Gasteiger partial charge in [-0.15, -0.1) is 0 Å². The molecule has 0 unspecified atom stereocenters. The summed E-state index contributed by atoms with van der Waals surface area (Å²) in [6.07, 6.45) is 4.29. The van der Waals surface area contributed by atoms with Gasteiger partial charge in [0.25, 0.3) is 0 Å². The lowest BCUT2D eigenvalue weighted by molar-refractivity contribution is -0.121. The van der Waals surface area contributed by atoms with E-state index >= 15 is 0 Å². The molecule has 186 valence electrons. The number of hydrogen-bond donors (Lipinski definition) is 1. The van der Waals surface area contributed by atoms with Gasteiger partial charge in [-0.3, -0.25) is 9.10 Å². The highest BCUT2D eigenvalue weighted by molar-refractivity contribution is 7.92. The zero-order chi connectivity index (χ0) is 24.7. The van der Waals surface area contributed by atoms with E-state index in [1.54, 1.807) is 31.4 Å². The Bertz CT molecular complexity index is 1030. The van der Waals surface area contributed by atoms with Crippen LogP contribution in [0.2, 0.25) is 0 Å². The van der Waals surface area contributed by atoms with Crippen LogP contribution in [0.25, 0.3) is 0 Å². The normalized spacial score (nSPS) is 15.6. The van der Waals surface area contributed by atoms with Crippen LogP contribution < -0.4 is 19.3 Å². The number of carbonyl (C=O) groups excluding carboxylic acids is 1. The zero-order valence-electron chi connectivity index (χ0n) is 20.7. The van der Waals surface area contributed by atoms with E-state index < -0.39 is 10.0 Å². The highest BCUT2D eigenvalue weighted by Gasteiger charge is 2.19. The number of ether oxygens (including phenoxy) is 1. The Hall–Kier alpha value is -2.74. The van der Waals surface area contributed by atoms with Crippen molar-refractivity contribution in [2.24, 2.45) is 5.92 Å². The molecule has 1 atom stereocenters. The minimum atomic E-state index is -3.46. The SMILES string of the molecule is COc1ccc(N(CCCC(=O)N[C@@H](C)c2ccc(N3CCC(C)CC3)cc2)S(C)(=O)=O)cc1. The second kappa shape index (κ2) is 11.6. The van der Waals surface area contributed by atoms with Crippen molar-refractivity contribution in [3.8, 4) is 5.75 Å². The van der Waals surface area contributed by atoms with E-state index in [9.17, 15) is 13.2 Å². The first-order valence-electron chi connectivity index (χ1n) is 11.9. The molecule has 1 saturated heterocycles. The molecule has 8 heteroatoms. The molecular formula is C26H37N3O4S. The molecule has 34 heavy (non-hydrogen) atoms. The number of hydrogen-bond acceptors (Lipinski definition) is 5. The lowest BCUT2D eigenvalue weighted by Gasteiger charge is -2.32. The third kappa shape index (κ3) is 7.13. The first-order chi connectivity index (χ1) is 16.2. The van der Waals surface area contributed by atoms with Crippen molar-refractivity contribution in [3.05, 3.63) is 54.1 Å². The number of nitrogens with one attached hydrogen (secondary N) is 1. The fraction of sp³-hybridized carbons (Fsp3) is 0.500. The lowest BCUT2D eigenvalue weighted by atomic mass is 9.98. The summed E-state index contributed by atoms with van der Waals surface area (Å²) in [6, 6.07) is 15.2. The van der Waals surface area contributed by atoms with Crippen LogP contribution in [0.5, 0.6) is 5.75 Å². The monoisotopic (exact) mass is 487 g/mol.